The maximum absolute atomic E-state index is 14.0. The van der Waals surface area contributed by atoms with Gasteiger partial charge in [-0.15, -0.1) is 0 Å². The lowest BCUT2D eigenvalue weighted by atomic mass is 9.82. The quantitative estimate of drug-likeness (QED) is 0.0662. The van der Waals surface area contributed by atoms with E-state index in [1.165, 1.54) is 6.33 Å². The van der Waals surface area contributed by atoms with Crippen LogP contribution in [-0.2, 0) is 32.1 Å². The van der Waals surface area contributed by atoms with Crippen LogP contribution >= 0.6 is 0 Å². The Balaban J connectivity index is 1.48. The molecule has 0 saturated carbocycles. The lowest BCUT2D eigenvalue weighted by molar-refractivity contribution is -0.141. The number of aliphatic hydroxyl groups excluding tert-OH is 2. The summed E-state index contributed by atoms with van der Waals surface area (Å²) in [5, 5.41) is 36.5. The lowest BCUT2D eigenvalue weighted by Gasteiger charge is -2.35. The first-order chi connectivity index (χ1) is 26.8. The number of rotatable bonds is 21. The summed E-state index contributed by atoms with van der Waals surface area (Å²) in [7, 11) is 0. The summed E-state index contributed by atoms with van der Waals surface area (Å²) in [4.78, 5) is 65.7. The highest BCUT2D eigenvalue weighted by Crippen LogP contribution is 2.26. The van der Waals surface area contributed by atoms with Crippen molar-refractivity contribution < 1.29 is 34.1 Å². The van der Waals surface area contributed by atoms with Gasteiger partial charge in [0.1, 0.15) is 23.9 Å². The largest absolute Gasteiger partial charge is 0.483 e. The van der Waals surface area contributed by atoms with E-state index in [1.54, 1.807) is 44.4 Å². The standard InChI is InChI=1S/C42H57N7O7/c1-7-27(6)37(42(55)45-22-29-15-10-11-18-44-29)49-41(54)36(26(4)5)39(52)38(51)32(19-25(2)3)48-40(53)33(20-30-21-43-24-46-30)47-35(50)23-56-34-17-12-14-28-13-8-9-16-31(28)34/h8-18,21,24-27,32-33,36-39,51-52H,7,19-20,22-23H2,1-6H3,(H,43,46)(H,45,55)(H,47,50)(H,48,53)(H,49,54)/t27-,32-,33-,36+,37-,38+,39+/m0/s1. The number of nitrogens with zero attached hydrogens (tertiary/aromatic N) is 2. The first-order valence-electron chi connectivity index (χ1n) is 19.3. The van der Waals surface area contributed by atoms with Gasteiger partial charge in [-0.05, 0) is 47.8 Å². The number of hydrogen-bond donors (Lipinski definition) is 7. The van der Waals surface area contributed by atoms with Crippen molar-refractivity contribution in [3.8, 4) is 5.75 Å². The highest BCUT2D eigenvalue weighted by atomic mass is 16.5. The molecular weight excluding hydrogens is 715 g/mol. The Bertz CT molecular complexity index is 1850. The fourth-order valence-electron chi connectivity index (χ4n) is 6.65. The Morgan fingerprint density at radius 1 is 0.839 bits per heavy atom. The van der Waals surface area contributed by atoms with Gasteiger partial charge < -0.3 is 41.2 Å². The Labute approximate surface area is 328 Å². The lowest BCUT2D eigenvalue weighted by Crippen LogP contribution is -2.59. The zero-order chi connectivity index (χ0) is 40.8. The molecule has 0 aliphatic rings. The Hall–Kier alpha value is -5.34. The molecule has 14 nitrogen and oxygen atoms in total. The summed E-state index contributed by atoms with van der Waals surface area (Å²) >= 11 is 0. The predicted molar refractivity (Wildman–Crippen MR) is 213 cm³/mol. The summed E-state index contributed by atoms with van der Waals surface area (Å²) in [6, 6.07) is 15.5. The molecule has 2 aromatic carbocycles. The topological polar surface area (TPSA) is 208 Å². The molecule has 56 heavy (non-hydrogen) atoms. The molecule has 2 aromatic heterocycles. The van der Waals surface area contributed by atoms with Crippen LogP contribution < -0.4 is 26.0 Å². The van der Waals surface area contributed by atoms with Gasteiger partial charge in [-0.25, -0.2) is 4.98 Å². The highest BCUT2D eigenvalue weighted by Gasteiger charge is 2.41. The number of aromatic amines is 1. The van der Waals surface area contributed by atoms with Crippen LogP contribution in [0.2, 0.25) is 0 Å². The number of aliphatic hydroxyl groups is 2. The van der Waals surface area contributed by atoms with Gasteiger partial charge in [0.2, 0.25) is 17.7 Å². The minimum Gasteiger partial charge on any atom is -0.483 e. The second kappa shape index (κ2) is 21.1. The van der Waals surface area contributed by atoms with Gasteiger partial charge in [-0.1, -0.05) is 90.4 Å². The van der Waals surface area contributed by atoms with Gasteiger partial charge >= 0.3 is 0 Å². The van der Waals surface area contributed by atoms with Crippen molar-refractivity contribution in [2.45, 2.75) is 97.7 Å². The van der Waals surface area contributed by atoms with Gasteiger partial charge in [-0.3, -0.25) is 24.2 Å². The SMILES string of the molecule is CC[C@H](C)[C@H](NC(=O)[C@H](C(C)C)[C@@H](O)[C@H](O)[C@H](CC(C)C)NC(=O)[C@H](Cc1cnc[nH]1)NC(=O)COc1cccc2ccccc12)C(=O)NCc1ccccn1. The number of hydrogen-bond acceptors (Lipinski definition) is 9. The first-order valence-corrected chi connectivity index (χ1v) is 19.3. The Morgan fingerprint density at radius 2 is 1.57 bits per heavy atom. The van der Waals surface area contributed by atoms with Crippen LogP contribution in [0.15, 0.2) is 79.4 Å². The van der Waals surface area contributed by atoms with E-state index in [-0.39, 0.29) is 37.8 Å². The van der Waals surface area contributed by atoms with Gasteiger partial charge in [0.15, 0.2) is 6.61 Å². The van der Waals surface area contributed by atoms with Crippen LogP contribution in [0.25, 0.3) is 10.8 Å². The summed E-state index contributed by atoms with van der Waals surface area (Å²) in [5.74, 6) is -3.52. The molecule has 7 N–H and O–H groups in total. The van der Waals surface area contributed by atoms with Crippen LogP contribution in [0, 0.1) is 23.7 Å². The molecule has 0 fully saturated rings. The summed E-state index contributed by atoms with van der Waals surface area (Å²) in [5.41, 5.74) is 1.24. The van der Waals surface area contributed by atoms with Crippen molar-refractivity contribution in [1.82, 2.24) is 36.2 Å². The van der Waals surface area contributed by atoms with E-state index in [1.807, 2.05) is 70.2 Å². The molecule has 0 aliphatic heterocycles. The van der Waals surface area contributed by atoms with Crippen molar-refractivity contribution in [2.75, 3.05) is 6.61 Å². The predicted octanol–water partition coefficient (Wildman–Crippen LogP) is 3.44. The molecule has 0 aliphatic carbocycles. The first kappa shape index (κ1) is 43.4. The molecule has 302 valence electrons. The van der Waals surface area contributed by atoms with Crippen LogP contribution in [0.5, 0.6) is 5.75 Å². The second-order valence-electron chi connectivity index (χ2n) is 15.1. The molecule has 0 radical (unpaired) electrons. The molecule has 4 rings (SSSR count). The van der Waals surface area contributed by atoms with E-state index in [0.29, 0.717) is 23.6 Å². The van der Waals surface area contributed by atoms with Crippen molar-refractivity contribution in [1.29, 1.82) is 0 Å². The van der Waals surface area contributed by atoms with Crippen molar-refractivity contribution in [2.24, 2.45) is 23.7 Å². The highest BCUT2D eigenvalue weighted by molar-refractivity contribution is 5.91. The third kappa shape index (κ3) is 12.3. The van der Waals surface area contributed by atoms with Gasteiger partial charge in [0.25, 0.3) is 5.91 Å². The van der Waals surface area contributed by atoms with E-state index in [9.17, 15) is 29.4 Å². The average molecular weight is 772 g/mol. The third-order valence-electron chi connectivity index (χ3n) is 9.91. The van der Waals surface area contributed by atoms with Crippen molar-refractivity contribution in [3.63, 3.8) is 0 Å². The van der Waals surface area contributed by atoms with Crippen LogP contribution in [0.3, 0.4) is 0 Å². The molecule has 0 saturated heterocycles. The third-order valence-corrected chi connectivity index (χ3v) is 9.91. The zero-order valence-corrected chi connectivity index (χ0v) is 33.1. The zero-order valence-electron chi connectivity index (χ0n) is 33.1. The molecule has 14 heteroatoms. The number of amides is 4. The molecular formula is C42H57N7O7. The average Bonchev–Trinajstić information content (AvgIpc) is 3.70. The minimum absolute atomic E-state index is 0.0409. The fraction of sp³-hybridized carbons (Fsp3) is 0.476. The van der Waals surface area contributed by atoms with Crippen LogP contribution in [0.1, 0.15) is 65.8 Å². The molecule has 0 unspecified atom stereocenters. The number of imidazole rings is 1. The minimum atomic E-state index is -1.62. The van der Waals surface area contributed by atoms with E-state index in [4.69, 9.17) is 4.74 Å². The molecule has 4 aromatic rings. The number of fused-ring (bicyclic) bond motifs is 1. The van der Waals surface area contributed by atoms with E-state index < -0.39 is 65.8 Å². The molecule has 7 atom stereocenters. The number of aromatic nitrogens is 3. The number of carbonyl (C=O) groups is 4. The maximum Gasteiger partial charge on any atom is 0.258 e. The van der Waals surface area contributed by atoms with E-state index in [0.717, 1.165) is 10.8 Å². The van der Waals surface area contributed by atoms with Crippen molar-refractivity contribution >= 4 is 34.4 Å². The number of benzene rings is 2. The summed E-state index contributed by atoms with van der Waals surface area (Å²) < 4.78 is 5.87. The molecule has 0 bridgehead atoms. The molecule has 0 spiro atoms. The number of nitrogens with one attached hydrogen (secondary N) is 5. The van der Waals surface area contributed by atoms with Gasteiger partial charge in [-0.2, -0.15) is 0 Å². The molecule has 4 amide bonds. The Kier molecular flexibility index (Phi) is 16.3. The number of ether oxygens (including phenoxy) is 1. The monoisotopic (exact) mass is 771 g/mol. The van der Waals surface area contributed by atoms with Crippen molar-refractivity contribution in [3.05, 3.63) is 90.8 Å². The summed E-state index contributed by atoms with van der Waals surface area (Å²) in [6.45, 7) is 10.9. The van der Waals surface area contributed by atoms with Crippen LogP contribution in [0.4, 0.5) is 0 Å². The smallest absolute Gasteiger partial charge is 0.258 e. The molecule has 2 heterocycles. The fourth-order valence-corrected chi connectivity index (χ4v) is 6.65. The van der Waals surface area contributed by atoms with Gasteiger partial charge in [0, 0.05) is 29.9 Å². The number of carbonyl (C=O) groups excluding carboxylic acids is 4. The van der Waals surface area contributed by atoms with Gasteiger partial charge in [0.05, 0.1) is 36.6 Å². The summed E-state index contributed by atoms with van der Waals surface area (Å²) in [6.07, 6.45) is 2.31. The normalized spacial score (nSPS) is 15.2. The Morgan fingerprint density at radius 3 is 2.23 bits per heavy atom. The second-order valence-corrected chi connectivity index (χ2v) is 15.1. The van der Waals surface area contributed by atoms with E-state index in [2.05, 4.69) is 36.2 Å². The van der Waals surface area contributed by atoms with E-state index >= 15 is 0 Å². The number of pyridine rings is 1. The maximum atomic E-state index is 14.0. The number of H-pyrrole nitrogens is 1. The van der Waals surface area contributed by atoms with Crippen LogP contribution in [-0.4, -0.2) is 85.7 Å².